The number of rotatable bonds is 4. The highest BCUT2D eigenvalue weighted by molar-refractivity contribution is 5.90. The van der Waals surface area contributed by atoms with Gasteiger partial charge in [-0.05, 0) is 17.4 Å². The van der Waals surface area contributed by atoms with Crippen LogP contribution in [0, 0.1) is 11.3 Å². The molecule has 0 aliphatic rings. The Kier molecular flexibility index (Phi) is 5.43. The molecule has 0 spiro atoms. The number of halogens is 3. The summed E-state index contributed by atoms with van der Waals surface area (Å²) in [5, 5.41) is 2.28. The third kappa shape index (κ3) is 4.89. The first-order chi connectivity index (χ1) is 9.95. The van der Waals surface area contributed by atoms with Crippen LogP contribution in [0.1, 0.15) is 46.1 Å². The second-order valence-electron chi connectivity index (χ2n) is 6.35. The third-order valence-electron chi connectivity index (χ3n) is 3.65. The normalized spacial score (nSPS) is 13.8. The first kappa shape index (κ1) is 18.3. The minimum atomic E-state index is -4.58. The molecule has 0 saturated heterocycles. The lowest BCUT2D eigenvalue weighted by atomic mass is 9.77. The van der Waals surface area contributed by atoms with Crippen LogP contribution in [0.15, 0.2) is 17.1 Å². The molecule has 1 rings (SSSR count). The number of nitrogens with one attached hydrogen (secondary N) is 2. The van der Waals surface area contributed by atoms with Gasteiger partial charge >= 0.3 is 6.18 Å². The number of anilines is 1. The van der Waals surface area contributed by atoms with Crippen LogP contribution in [-0.2, 0) is 11.0 Å². The van der Waals surface area contributed by atoms with E-state index in [0.717, 1.165) is 6.42 Å². The van der Waals surface area contributed by atoms with Gasteiger partial charge < -0.3 is 10.3 Å². The van der Waals surface area contributed by atoms with E-state index in [0.29, 0.717) is 12.3 Å². The van der Waals surface area contributed by atoms with E-state index < -0.39 is 23.2 Å². The van der Waals surface area contributed by atoms with E-state index in [4.69, 9.17) is 0 Å². The van der Waals surface area contributed by atoms with Crippen LogP contribution in [0.25, 0.3) is 0 Å². The summed E-state index contributed by atoms with van der Waals surface area (Å²) in [6.45, 7) is 7.92. The quantitative estimate of drug-likeness (QED) is 0.887. The Morgan fingerprint density at radius 1 is 1.32 bits per heavy atom. The zero-order valence-electron chi connectivity index (χ0n) is 13.1. The molecule has 4 nitrogen and oxygen atoms in total. The van der Waals surface area contributed by atoms with E-state index in [1.54, 1.807) is 0 Å². The maximum Gasteiger partial charge on any atom is 0.417 e. The van der Waals surface area contributed by atoms with Crippen LogP contribution >= 0.6 is 0 Å². The lowest BCUT2D eigenvalue weighted by Crippen LogP contribution is -2.27. The molecule has 1 unspecified atom stereocenters. The lowest BCUT2D eigenvalue weighted by Gasteiger charge is -2.29. The van der Waals surface area contributed by atoms with E-state index in [9.17, 15) is 22.8 Å². The number of H-pyrrole nitrogens is 1. The SMILES string of the molecule is CCC(CC(=O)Nc1cc(C(F)(F)F)c[nH]c1=O)C(C)(C)C. The van der Waals surface area contributed by atoms with Gasteiger partial charge in [0.2, 0.25) is 5.91 Å². The van der Waals surface area contributed by atoms with Crippen molar-refractivity contribution < 1.29 is 18.0 Å². The van der Waals surface area contributed by atoms with Crippen molar-refractivity contribution in [3.8, 4) is 0 Å². The van der Waals surface area contributed by atoms with Crippen molar-refractivity contribution in [1.29, 1.82) is 0 Å². The van der Waals surface area contributed by atoms with Crippen molar-refractivity contribution >= 4 is 11.6 Å². The van der Waals surface area contributed by atoms with E-state index >= 15 is 0 Å². The maximum absolute atomic E-state index is 12.6. The summed E-state index contributed by atoms with van der Waals surface area (Å²) in [4.78, 5) is 25.5. The first-order valence-electron chi connectivity index (χ1n) is 7.05. The molecular formula is C15H21F3N2O2. The van der Waals surface area contributed by atoms with Gasteiger partial charge in [-0.2, -0.15) is 13.2 Å². The highest BCUT2D eigenvalue weighted by Crippen LogP contribution is 2.32. The average Bonchev–Trinajstić information content (AvgIpc) is 2.35. The molecule has 1 aromatic rings. The number of alkyl halides is 3. The number of amides is 1. The van der Waals surface area contributed by atoms with Crippen LogP contribution in [0.2, 0.25) is 0 Å². The average molecular weight is 318 g/mol. The van der Waals surface area contributed by atoms with Gasteiger partial charge in [0.25, 0.3) is 5.56 Å². The van der Waals surface area contributed by atoms with E-state index in [-0.39, 0.29) is 23.4 Å². The molecule has 22 heavy (non-hydrogen) atoms. The minimum absolute atomic E-state index is 0.0670. The van der Waals surface area contributed by atoms with E-state index in [2.05, 4.69) is 5.32 Å². The summed E-state index contributed by atoms with van der Waals surface area (Å²) in [6.07, 6.45) is -3.09. The van der Waals surface area contributed by atoms with Crippen molar-refractivity contribution in [2.75, 3.05) is 5.32 Å². The topological polar surface area (TPSA) is 62.0 Å². The van der Waals surface area contributed by atoms with Gasteiger partial charge in [-0.3, -0.25) is 9.59 Å². The zero-order valence-corrected chi connectivity index (χ0v) is 13.1. The summed E-state index contributed by atoms with van der Waals surface area (Å²) >= 11 is 0. The Balaban J connectivity index is 2.91. The van der Waals surface area contributed by atoms with Crippen LogP contribution in [-0.4, -0.2) is 10.9 Å². The van der Waals surface area contributed by atoms with Crippen molar-refractivity contribution in [2.45, 2.75) is 46.7 Å². The van der Waals surface area contributed by atoms with Gasteiger partial charge in [0.1, 0.15) is 5.69 Å². The summed E-state index contributed by atoms with van der Waals surface area (Å²) in [7, 11) is 0. The molecule has 1 aromatic heterocycles. The van der Waals surface area contributed by atoms with E-state index in [1.165, 1.54) is 0 Å². The van der Waals surface area contributed by atoms with Crippen LogP contribution < -0.4 is 10.9 Å². The highest BCUT2D eigenvalue weighted by atomic mass is 19.4. The number of carbonyl (C=O) groups is 1. The predicted molar refractivity (Wildman–Crippen MR) is 78.5 cm³/mol. The molecule has 1 heterocycles. The fourth-order valence-electron chi connectivity index (χ4n) is 2.23. The summed E-state index contributed by atoms with van der Waals surface area (Å²) < 4.78 is 37.9. The van der Waals surface area contributed by atoms with Crippen molar-refractivity contribution in [3.63, 3.8) is 0 Å². The molecule has 0 saturated carbocycles. The largest absolute Gasteiger partial charge is 0.417 e. The molecule has 0 radical (unpaired) electrons. The van der Waals surface area contributed by atoms with Gasteiger partial charge in [0, 0.05) is 12.6 Å². The molecule has 0 fully saturated rings. The standard InChI is InChI=1S/C15H21F3N2O2/c1-5-9(14(2,3)4)7-12(21)20-11-6-10(15(16,17)18)8-19-13(11)22/h6,8-9H,5,7H2,1-4H3,(H,19,22)(H,20,21). The van der Waals surface area contributed by atoms with Gasteiger partial charge in [0.15, 0.2) is 0 Å². The number of aromatic amines is 1. The molecule has 0 aromatic carbocycles. The number of pyridine rings is 1. The summed E-state index contributed by atoms with van der Waals surface area (Å²) in [5.41, 5.74) is -2.26. The smallest absolute Gasteiger partial charge is 0.327 e. The minimum Gasteiger partial charge on any atom is -0.327 e. The molecule has 0 aliphatic carbocycles. The Hall–Kier alpha value is -1.79. The van der Waals surface area contributed by atoms with Gasteiger partial charge in [-0.25, -0.2) is 0 Å². The monoisotopic (exact) mass is 318 g/mol. The molecule has 1 atom stereocenters. The second-order valence-corrected chi connectivity index (χ2v) is 6.35. The van der Waals surface area contributed by atoms with Gasteiger partial charge in [-0.15, -0.1) is 0 Å². The molecule has 0 aliphatic heterocycles. The molecule has 0 bridgehead atoms. The fourth-order valence-corrected chi connectivity index (χ4v) is 2.23. The zero-order chi connectivity index (χ0) is 17.1. The van der Waals surface area contributed by atoms with Crippen molar-refractivity contribution in [3.05, 3.63) is 28.2 Å². The fraction of sp³-hybridized carbons (Fsp3) is 0.600. The summed E-state index contributed by atoms with van der Waals surface area (Å²) in [6, 6.07) is 0.648. The van der Waals surface area contributed by atoms with Crippen LogP contribution in [0.3, 0.4) is 0 Å². The van der Waals surface area contributed by atoms with Crippen molar-refractivity contribution in [2.24, 2.45) is 11.3 Å². The molecule has 124 valence electrons. The Labute approximate surface area is 127 Å². The maximum atomic E-state index is 12.6. The molecular weight excluding hydrogens is 297 g/mol. The highest BCUT2D eigenvalue weighted by Gasteiger charge is 2.32. The van der Waals surface area contributed by atoms with Gasteiger partial charge in [0.05, 0.1) is 5.56 Å². The number of hydrogen-bond donors (Lipinski definition) is 2. The predicted octanol–water partition coefficient (Wildman–Crippen LogP) is 3.79. The van der Waals surface area contributed by atoms with Crippen LogP contribution in [0.4, 0.5) is 18.9 Å². The molecule has 7 heteroatoms. The van der Waals surface area contributed by atoms with E-state index in [1.807, 2.05) is 32.7 Å². The molecule has 1 amide bonds. The number of carbonyl (C=O) groups excluding carboxylic acids is 1. The lowest BCUT2D eigenvalue weighted by molar-refractivity contribution is -0.137. The van der Waals surface area contributed by atoms with Crippen molar-refractivity contribution in [1.82, 2.24) is 4.98 Å². The Morgan fingerprint density at radius 3 is 2.36 bits per heavy atom. The number of aromatic nitrogens is 1. The summed E-state index contributed by atoms with van der Waals surface area (Å²) in [5.74, 6) is -0.399. The first-order valence-corrected chi connectivity index (χ1v) is 7.05. The molecule has 2 N–H and O–H groups in total. The Bertz CT molecular complexity index is 586. The number of hydrogen-bond acceptors (Lipinski definition) is 2. The Morgan fingerprint density at radius 2 is 1.91 bits per heavy atom. The second kappa shape index (κ2) is 6.54. The third-order valence-corrected chi connectivity index (χ3v) is 3.65. The van der Waals surface area contributed by atoms with Gasteiger partial charge in [-0.1, -0.05) is 34.1 Å². The van der Waals surface area contributed by atoms with Crippen LogP contribution in [0.5, 0.6) is 0 Å².